The Morgan fingerprint density at radius 3 is 2.95 bits per heavy atom. The van der Waals surface area contributed by atoms with Gasteiger partial charge in [-0.15, -0.1) is 11.3 Å². The van der Waals surface area contributed by atoms with Crippen LogP contribution in [0.2, 0.25) is 0 Å². The van der Waals surface area contributed by atoms with Gasteiger partial charge < -0.3 is 10.1 Å². The number of nitro groups is 1. The maximum Gasteiger partial charge on any atom is 0.311 e. The molecule has 2 aromatic rings. The van der Waals surface area contributed by atoms with Gasteiger partial charge in [-0.3, -0.25) is 10.1 Å². The highest BCUT2D eigenvalue weighted by atomic mass is 32.1. The van der Waals surface area contributed by atoms with Crippen molar-refractivity contribution in [1.29, 1.82) is 0 Å². The fourth-order valence-corrected chi connectivity index (χ4v) is 2.47. The molecule has 1 aromatic carbocycles. The number of methoxy groups -OCH3 is 1. The van der Waals surface area contributed by atoms with Crippen molar-refractivity contribution in [2.24, 2.45) is 0 Å². The molecule has 0 spiro atoms. The van der Waals surface area contributed by atoms with Crippen LogP contribution in [0.5, 0.6) is 5.75 Å². The topological polar surface area (TPSA) is 77.3 Å². The van der Waals surface area contributed by atoms with Crippen LogP contribution >= 0.6 is 11.3 Å². The van der Waals surface area contributed by atoms with Gasteiger partial charge in [-0.25, -0.2) is 4.98 Å². The first-order valence-corrected chi connectivity index (χ1v) is 6.95. The first kappa shape index (κ1) is 14.3. The number of anilines is 1. The Balaban J connectivity index is 2.05. The summed E-state index contributed by atoms with van der Waals surface area (Å²) in [5.74, 6) is 0.526. The first-order chi connectivity index (χ1) is 9.61. The molecule has 6 nitrogen and oxygen atoms in total. The number of ether oxygens (including phenoxy) is 1. The molecule has 0 amide bonds. The summed E-state index contributed by atoms with van der Waals surface area (Å²) in [7, 11) is 1.42. The lowest BCUT2D eigenvalue weighted by molar-refractivity contribution is -0.385. The van der Waals surface area contributed by atoms with Gasteiger partial charge in [0.15, 0.2) is 5.75 Å². The van der Waals surface area contributed by atoms with Crippen molar-refractivity contribution in [3.8, 4) is 5.75 Å². The van der Waals surface area contributed by atoms with E-state index in [1.54, 1.807) is 29.7 Å². The Morgan fingerprint density at radius 1 is 1.55 bits per heavy atom. The fourth-order valence-electron chi connectivity index (χ4n) is 1.77. The Kier molecular flexibility index (Phi) is 4.52. The van der Waals surface area contributed by atoms with E-state index < -0.39 is 4.92 Å². The number of thiazole rings is 1. The lowest BCUT2D eigenvalue weighted by atomic mass is 10.2. The van der Waals surface area contributed by atoms with E-state index in [1.807, 2.05) is 5.38 Å². The van der Waals surface area contributed by atoms with Gasteiger partial charge in [0.05, 0.1) is 17.0 Å². The molecule has 20 heavy (non-hydrogen) atoms. The molecule has 1 heterocycles. The summed E-state index contributed by atoms with van der Waals surface area (Å²) < 4.78 is 5.03. The number of rotatable bonds is 6. The van der Waals surface area contributed by atoms with Gasteiger partial charge in [0.2, 0.25) is 0 Å². The number of nitrogens with zero attached hydrogens (tertiary/aromatic N) is 2. The number of hydrogen-bond donors (Lipinski definition) is 1. The first-order valence-electron chi connectivity index (χ1n) is 6.07. The van der Waals surface area contributed by atoms with Crippen LogP contribution in [0.25, 0.3) is 0 Å². The van der Waals surface area contributed by atoms with E-state index in [4.69, 9.17) is 4.74 Å². The second-order valence-electron chi connectivity index (χ2n) is 4.30. The summed E-state index contributed by atoms with van der Waals surface area (Å²) in [5, 5.41) is 17.1. The molecule has 2 rings (SSSR count). The maximum atomic E-state index is 10.8. The van der Waals surface area contributed by atoms with E-state index in [9.17, 15) is 10.1 Å². The summed E-state index contributed by atoms with van der Waals surface area (Å²) in [6.45, 7) is 2.78. The minimum Gasteiger partial charge on any atom is -0.490 e. The van der Waals surface area contributed by atoms with Crippen LogP contribution in [-0.4, -0.2) is 23.6 Å². The van der Waals surface area contributed by atoms with Crippen molar-refractivity contribution in [1.82, 2.24) is 4.98 Å². The highest BCUT2D eigenvalue weighted by Gasteiger charge is 2.15. The lowest BCUT2D eigenvalue weighted by Gasteiger charge is -2.12. The minimum atomic E-state index is -0.458. The van der Waals surface area contributed by atoms with Gasteiger partial charge in [-0.05, 0) is 6.07 Å². The van der Waals surface area contributed by atoms with E-state index in [1.165, 1.54) is 13.2 Å². The molecule has 0 aliphatic rings. The predicted molar refractivity (Wildman–Crippen MR) is 78.7 cm³/mol. The van der Waals surface area contributed by atoms with Crippen LogP contribution < -0.4 is 10.1 Å². The largest absolute Gasteiger partial charge is 0.490 e. The molecule has 0 aliphatic heterocycles. The van der Waals surface area contributed by atoms with E-state index >= 15 is 0 Å². The molecule has 0 saturated heterocycles. The van der Waals surface area contributed by atoms with Crippen LogP contribution in [0.1, 0.15) is 17.8 Å². The molecule has 0 aliphatic carbocycles. The summed E-state index contributed by atoms with van der Waals surface area (Å²) in [5.41, 5.74) is 0.752. The van der Waals surface area contributed by atoms with Crippen LogP contribution in [0.4, 0.5) is 11.4 Å². The summed E-state index contributed by atoms with van der Waals surface area (Å²) >= 11 is 1.62. The molecule has 0 fully saturated rings. The lowest BCUT2D eigenvalue weighted by Crippen LogP contribution is -2.09. The third-order valence-corrected chi connectivity index (χ3v) is 3.87. The van der Waals surface area contributed by atoms with Crippen molar-refractivity contribution in [3.05, 3.63) is 44.9 Å². The number of benzene rings is 1. The molecular weight excluding hydrogens is 278 g/mol. The van der Waals surface area contributed by atoms with Crippen LogP contribution in [0, 0.1) is 10.1 Å². The van der Waals surface area contributed by atoms with Crippen LogP contribution in [0.15, 0.2) is 29.8 Å². The molecule has 1 N–H and O–H groups in total. The molecule has 1 aromatic heterocycles. The van der Waals surface area contributed by atoms with Crippen LogP contribution in [0.3, 0.4) is 0 Å². The Morgan fingerprint density at radius 2 is 2.35 bits per heavy atom. The van der Waals surface area contributed by atoms with Crippen molar-refractivity contribution >= 4 is 22.7 Å². The van der Waals surface area contributed by atoms with E-state index in [-0.39, 0.29) is 17.4 Å². The van der Waals surface area contributed by atoms with Gasteiger partial charge in [-0.1, -0.05) is 6.92 Å². The Labute approximate surface area is 120 Å². The second kappa shape index (κ2) is 6.33. The minimum absolute atomic E-state index is 0.0361. The summed E-state index contributed by atoms with van der Waals surface area (Å²) in [6.07, 6.45) is 1.78. The maximum absolute atomic E-state index is 10.8. The normalized spacial score (nSPS) is 11.9. The fraction of sp³-hybridized carbons (Fsp3) is 0.308. The predicted octanol–water partition coefficient (Wildman–Crippen LogP) is 3.28. The van der Waals surface area contributed by atoms with Crippen molar-refractivity contribution in [3.63, 3.8) is 0 Å². The summed E-state index contributed by atoms with van der Waals surface area (Å²) in [6, 6.07) is 4.75. The van der Waals surface area contributed by atoms with Crippen molar-refractivity contribution in [2.75, 3.05) is 19.0 Å². The molecule has 1 atom stereocenters. The van der Waals surface area contributed by atoms with Crippen molar-refractivity contribution < 1.29 is 9.66 Å². The molecule has 0 bridgehead atoms. The average molecular weight is 293 g/mol. The van der Waals surface area contributed by atoms with Gasteiger partial charge in [0.25, 0.3) is 0 Å². The Bertz CT molecular complexity index is 587. The molecule has 0 unspecified atom stereocenters. The monoisotopic (exact) mass is 293 g/mol. The SMILES string of the molecule is COc1cc(NC[C@@H](C)c2nccs2)ccc1[N+](=O)[O-]. The molecular formula is C13H15N3O3S. The molecule has 106 valence electrons. The molecule has 7 heteroatoms. The van der Waals surface area contributed by atoms with E-state index in [0.29, 0.717) is 6.54 Å². The standard InChI is InChI=1S/C13H15N3O3S/c1-9(13-14-5-6-20-13)8-15-10-3-4-11(16(17)18)12(7-10)19-2/h3-7,9,15H,8H2,1-2H3/t9-/m1/s1. The number of hydrogen-bond acceptors (Lipinski definition) is 6. The zero-order valence-electron chi connectivity index (χ0n) is 11.2. The zero-order chi connectivity index (χ0) is 14.5. The zero-order valence-corrected chi connectivity index (χ0v) is 12.0. The van der Waals surface area contributed by atoms with Gasteiger partial charge in [0.1, 0.15) is 0 Å². The quantitative estimate of drug-likeness (QED) is 0.653. The summed E-state index contributed by atoms with van der Waals surface area (Å²) in [4.78, 5) is 14.6. The molecule has 0 saturated carbocycles. The van der Waals surface area contributed by atoms with Gasteiger partial charge >= 0.3 is 5.69 Å². The van der Waals surface area contributed by atoms with E-state index in [0.717, 1.165) is 10.7 Å². The number of nitrogens with one attached hydrogen (secondary N) is 1. The van der Waals surface area contributed by atoms with Crippen molar-refractivity contribution in [2.45, 2.75) is 12.8 Å². The van der Waals surface area contributed by atoms with Gasteiger partial charge in [0, 0.05) is 41.9 Å². The average Bonchev–Trinajstić information content (AvgIpc) is 2.98. The highest BCUT2D eigenvalue weighted by molar-refractivity contribution is 7.09. The van der Waals surface area contributed by atoms with E-state index in [2.05, 4.69) is 17.2 Å². The van der Waals surface area contributed by atoms with Gasteiger partial charge in [-0.2, -0.15) is 0 Å². The third-order valence-electron chi connectivity index (χ3n) is 2.86. The second-order valence-corrected chi connectivity index (χ2v) is 5.22. The smallest absolute Gasteiger partial charge is 0.311 e. The highest BCUT2D eigenvalue weighted by Crippen LogP contribution is 2.30. The number of nitro benzene ring substituents is 1. The van der Waals surface area contributed by atoms with Crippen LogP contribution in [-0.2, 0) is 0 Å². The molecule has 0 radical (unpaired) electrons. The Hall–Kier alpha value is -2.15. The third kappa shape index (κ3) is 3.24. The number of aromatic nitrogens is 1.